The number of benzene rings is 8. The molecule has 8 aromatic carbocycles. The highest BCUT2D eigenvalue weighted by molar-refractivity contribution is 6.05. The molecular formula is C53H33N3O. The van der Waals surface area contributed by atoms with Crippen molar-refractivity contribution in [3.63, 3.8) is 0 Å². The number of imidazole rings is 1. The second-order valence-electron chi connectivity index (χ2n) is 14.8. The van der Waals surface area contributed by atoms with Crippen LogP contribution in [0.2, 0.25) is 0 Å². The zero-order valence-electron chi connectivity index (χ0n) is 30.8. The lowest BCUT2D eigenvalue weighted by molar-refractivity contribution is 0.438. The minimum atomic E-state index is -0.668. The van der Waals surface area contributed by atoms with Gasteiger partial charge in [0.25, 0.3) is 0 Å². The lowest BCUT2D eigenvalue weighted by atomic mass is 9.65. The molecule has 0 saturated heterocycles. The van der Waals surface area contributed by atoms with E-state index >= 15 is 0 Å². The Morgan fingerprint density at radius 2 is 1.07 bits per heavy atom. The third kappa shape index (κ3) is 4.50. The second-order valence-corrected chi connectivity index (χ2v) is 14.8. The Kier molecular flexibility index (Phi) is 6.81. The fraction of sp³-hybridized carbons (Fsp3) is 0.0189. The standard InChI is InChI=1S/C53H33N3O/c1-3-16-35(17-4-1)50-48-39-20-7-9-23-41(39)53(49(48)40-21-8-11-26-44(40)54-50)42-24-10-14-29-47(42)57-51-38(22-15-25-43(51)53)34-30-32-36(33-31-34)52-55-45-27-12-13-28-46(45)56(52)37-18-5-2-6-19-37/h1-33H. The molecule has 4 heteroatoms. The first-order chi connectivity index (χ1) is 28.3. The molecule has 1 atom stereocenters. The number of nitrogens with zero attached hydrogens (tertiary/aromatic N) is 3. The van der Waals surface area contributed by atoms with Gasteiger partial charge in [-0.1, -0.05) is 164 Å². The van der Waals surface area contributed by atoms with E-state index < -0.39 is 5.41 Å². The average molecular weight is 728 g/mol. The van der Waals surface area contributed by atoms with E-state index in [-0.39, 0.29) is 0 Å². The molecular weight excluding hydrogens is 695 g/mol. The second kappa shape index (κ2) is 12.2. The van der Waals surface area contributed by atoms with Crippen LogP contribution in [0, 0.1) is 0 Å². The summed E-state index contributed by atoms with van der Waals surface area (Å²) in [6.45, 7) is 0. The van der Waals surface area contributed by atoms with Gasteiger partial charge < -0.3 is 4.74 Å². The molecule has 0 saturated carbocycles. The van der Waals surface area contributed by atoms with Crippen molar-refractivity contribution in [1.29, 1.82) is 0 Å². The molecule has 0 amide bonds. The molecule has 12 rings (SSSR count). The van der Waals surface area contributed by atoms with Gasteiger partial charge in [0.1, 0.15) is 17.3 Å². The van der Waals surface area contributed by atoms with Crippen molar-refractivity contribution in [3.8, 4) is 62.1 Å². The van der Waals surface area contributed by atoms with Crippen LogP contribution in [-0.2, 0) is 5.41 Å². The highest BCUT2D eigenvalue weighted by atomic mass is 16.5. The maximum atomic E-state index is 7.11. The average Bonchev–Trinajstić information content (AvgIpc) is 3.82. The van der Waals surface area contributed by atoms with E-state index in [1.165, 1.54) is 22.3 Å². The van der Waals surface area contributed by atoms with E-state index in [0.717, 1.165) is 84.0 Å². The fourth-order valence-electron chi connectivity index (χ4n) is 9.54. The number of fused-ring (bicyclic) bond motifs is 12. The van der Waals surface area contributed by atoms with Gasteiger partial charge in [-0.2, -0.15) is 0 Å². The Labute approximate surface area is 330 Å². The van der Waals surface area contributed by atoms with Gasteiger partial charge >= 0.3 is 0 Å². The number of ether oxygens (including phenoxy) is 1. The van der Waals surface area contributed by atoms with Crippen molar-refractivity contribution < 1.29 is 4.74 Å². The van der Waals surface area contributed by atoms with Crippen LogP contribution in [0.1, 0.15) is 22.3 Å². The molecule has 10 aromatic rings. The summed E-state index contributed by atoms with van der Waals surface area (Å²) in [6.07, 6.45) is 0. The SMILES string of the molecule is c1ccc(-c2nc3ccccc3c3c2-c2ccccc2C32c3ccccc3Oc3c(-c4ccc(-c5nc6ccccc6n5-c5ccccc5)cc4)cccc32)cc1. The van der Waals surface area contributed by atoms with Crippen LogP contribution < -0.4 is 4.74 Å². The number of aromatic nitrogens is 3. The zero-order valence-corrected chi connectivity index (χ0v) is 30.8. The van der Waals surface area contributed by atoms with Crippen LogP contribution in [0.25, 0.3) is 72.5 Å². The van der Waals surface area contributed by atoms with E-state index in [9.17, 15) is 0 Å². The lowest BCUT2D eigenvalue weighted by Gasteiger charge is -2.40. The van der Waals surface area contributed by atoms with Crippen LogP contribution in [0.15, 0.2) is 200 Å². The van der Waals surface area contributed by atoms with Crippen LogP contribution >= 0.6 is 0 Å². The predicted octanol–water partition coefficient (Wildman–Crippen LogP) is 13.0. The van der Waals surface area contributed by atoms with Gasteiger partial charge in [0, 0.05) is 44.5 Å². The van der Waals surface area contributed by atoms with Crippen LogP contribution in [0.3, 0.4) is 0 Å². The quantitative estimate of drug-likeness (QED) is 0.181. The molecule has 1 unspecified atom stereocenters. The highest BCUT2D eigenvalue weighted by Crippen LogP contribution is 2.65. The molecule has 266 valence electrons. The Bertz CT molecular complexity index is 3200. The number of para-hydroxylation sites is 6. The summed E-state index contributed by atoms with van der Waals surface area (Å²) < 4.78 is 9.35. The van der Waals surface area contributed by atoms with Crippen molar-refractivity contribution in [2.45, 2.75) is 5.41 Å². The van der Waals surface area contributed by atoms with Crippen LogP contribution in [0.5, 0.6) is 11.5 Å². The molecule has 3 heterocycles. The molecule has 1 aliphatic carbocycles. The van der Waals surface area contributed by atoms with Crippen LogP contribution in [0.4, 0.5) is 0 Å². The van der Waals surface area contributed by atoms with Gasteiger partial charge in [-0.3, -0.25) is 4.57 Å². The van der Waals surface area contributed by atoms with Crippen molar-refractivity contribution in [1.82, 2.24) is 14.5 Å². The van der Waals surface area contributed by atoms with Gasteiger partial charge in [0.2, 0.25) is 0 Å². The van der Waals surface area contributed by atoms with Gasteiger partial charge in [-0.05, 0) is 58.7 Å². The largest absolute Gasteiger partial charge is 0.456 e. The monoisotopic (exact) mass is 727 g/mol. The normalized spacial score (nSPS) is 14.9. The summed E-state index contributed by atoms with van der Waals surface area (Å²) in [7, 11) is 0. The first-order valence-corrected chi connectivity index (χ1v) is 19.4. The first kappa shape index (κ1) is 31.8. The van der Waals surface area contributed by atoms with Crippen molar-refractivity contribution in [2.75, 3.05) is 0 Å². The van der Waals surface area contributed by atoms with Crippen LogP contribution in [-0.4, -0.2) is 14.5 Å². The van der Waals surface area contributed by atoms with E-state index in [1.807, 2.05) is 12.1 Å². The van der Waals surface area contributed by atoms with E-state index in [1.54, 1.807) is 0 Å². The summed E-state index contributed by atoms with van der Waals surface area (Å²) >= 11 is 0. The fourth-order valence-corrected chi connectivity index (χ4v) is 9.54. The Hall–Kier alpha value is -7.56. The maximum absolute atomic E-state index is 7.11. The summed E-state index contributed by atoms with van der Waals surface area (Å²) in [5, 5.41) is 1.14. The maximum Gasteiger partial charge on any atom is 0.145 e. The number of pyridine rings is 1. The molecule has 57 heavy (non-hydrogen) atoms. The van der Waals surface area contributed by atoms with E-state index in [4.69, 9.17) is 14.7 Å². The van der Waals surface area contributed by atoms with Crippen molar-refractivity contribution in [3.05, 3.63) is 222 Å². The molecule has 0 N–H and O–H groups in total. The molecule has 0 bridgehead atoms. The Balaban J connectivity index is 1.11. The summed E-state index contributed by atoms with van der Waals surface area (Å²) in [4.78, 5) is 10.5. The molecule has 2 aliphatic rings. The number of hydrogen-bond donors (Lipinski definition) is 0. The Morgan fingerprint density at radius 3 is 1.91 bits per heavy atom. The number of hydrogen-bond acceptors (Lipinski definition) is 3. The molecule has 1 spiro atoms. The van der Waals surface area contributed by atoms with Crippen molar-refractivity contribution in [2.24, 2.45) is 0 Å². The van der Waals surface area contributed by atoms with Crippen molar-refractivity contribution >= 4 is 21.9 Å². The molecule has 0 radical (unpaired) electrons. The molecule has 2 aromatic heterocycles. The van der Waals surface area contributed by atoms with Gasteiger partial charge in [0.15, 0.2) is 0 Å². The smallest absolute Gasteiger partial charge is 0.145 e. The first-order valence-electron chi connectivity index (χ1n) is 19.4. The molecule has 1 aliphatic heterocycles. The van der Waals surface area contributed by atoms with Gasteiger partial charge in [-0.25, -0.2) is 9.97 Å². The third-order valence-corrected chi connectivity index (χ3v) is 11.9. The highest BCUT2D eigenvalue weighted by Gasteiger charge is 2.53. The lowest BCUT2D eigenvalue weighted by Crippen LogP contribution is -2.32. The molecule has 0 fully saturated rings. The Morgan fingerprint density at radius 1 is 0.439 bits per heavy atom. The number of rotatable bonds is 4. The minimum absolute atomic E-state index is 0.668. The predicted molar refractivity (Wildman–Crippen MR) is 230 cm³/mol. The summed E-state index contributed by atoms with van der Waals surface area (Å²) in [6, 6.07) is 71.0. The zero-order chi connectivity index (χ0) is 37.5. The van der Waals surface area contributed by atoms with E-state index in [0.29, 0.717) is 0 Å². The summed E-state index contributed by atoms with van der Waals surface area (Å²) in [5.41, 5.74) is 15.8. The molecule has 4 nitrogen and oxygen atoms in total. The van der Waals surface area contributed by atoms with Gasteiger partial charge in [-0.15, -0.1) is 0 Å². The minimum Gasteiger partial charge on any atom is -0.456 e. The van der Waals surface area contributed by atoms with Gasteiger partial charge in [0.05, 0.1) is 27.7 Å². The summed E-state index contributed by atoms with van der Waals surface area (Å²) in [5.74, 6) is 2.63. The topological polar surface area (TPSA) is 39.9 Å². The van der Waals surface area contributed by atoms with E-state index in [2.05, 4.69) is 193 Å². The third-order valence-electron chi connectivity index (χ3n) is 11.9.